The molecule has 2 aromatic rings. The number of hydrogen-bond donors (Lipinski definition) is 5. The number of nitrogens with two attached hydrogens (primary N) is 2. The van der Waals surface area contributed by atoms with Gasteiger partial charge >= 0.3 is 0 Å². The first-order chi connectivity index (χ1) is 12.0. The van der Waals surface area contributed by atoms with Gasteiger partial charge in [-0.2, -0.15) is 0 Å². The molecule has 0 spiro atoms. The third-order valence-corrected chi connectivity index (χ3v) is 4.87. The van der Waals surface area contributed by atoms with E-state index in [0.29, 0.717) is 22.9 Å². The smallest absolute Gasteiger partial charge is 0.181 e. The normalized spacial score (nSPS) is 20.4. The third kappa shape index (κ3) is 3.74. The first kappa shape index (κ1) is 17.2. The van der Waals surface area contributed by atoms with Gasteiger partial charge in [0.15, 0.2) is 11.5 Å². The molecule has 6 heteroatoms. The molecule has 0 aliphatic heterocycles. The topological polar surface area (TPSA) is 122 Å². The highest BCUT2D eigenvalue weighted by Gasteiger charge is 2.21. The molecule has 1 aliphatic carbocycles. The van der Waals surface area contributed by atoms with E-state index in [9.17, 15) is 15.3 Å². The van der Waals surface area contributed by atoms with E-state index in [1.54, 1.807) is 6.07 Å². The maximum Gasteiger partial charge on any atom is 0.181 e. The van der Waals surface area contributed by atoms with Crippen molar-refractivity contribution in [2.24, 2.45) is 0 Å². The predicted octanol–water partition coefficient (Wildman–Crippen LogP) is 2.86. The van der Waals surface area contributed by atoms with Crippen LogP contribution in [0.15, 0.2) is 30.3 Å². The van der Waals surface area contributed by atoms with Gasteiger partial charge < -0.3 is 31.5 Å². The fourth-order valence-electron chi connectivity index (χ4n) is 3.28. The predicted molar refractivity (Wildman–Crippen MR) is 96.6 cm³/mol. The van der Waals surface area contributed by atoms with E-state index in [0.717, 1.165) is 25.7 Å². The summed E-state index contributed by atoms with van der Waals surface area (Å²) in [5.74, 6) is 0.364. The Hall–Kier alpha value is -2.60. The molecule has 6 nitrogen and oxygen atoms in total. The second-order valence-electron chi connectivity index (χ2n) is 6.60. The second-order valence-corrected chi connectivity index (χ2v) is 6.60. The zero-order valence-corrected chi connectivity index (χ0v) is 14.0. The summed E-state index contributed by atoms with van der Waals surface area (Å²) in [5, 5.41) is 28.7. The van der Waals surface area contributed by atoms with E-state index in [4.69, 9.17) is 16.2 Å². The summed E-state index contributed by atoms with van der Waals surface area (Å²) in [6.45, 7) is 0.138. The van der Waals surface area contributed by atoms with Crippen LogP contribution in [-0.2, 0) is 6.61 Å². The summed E-state index contributed by atoms with van der Waals surface area (Å²) < 4.78 is 5.72. The average Bonchev–Trinajstić information content (AvgIpc) is 2.61. The van der Waals surface area contributed by atoms with Crippen molar-refractivity contribution >= 4 is 11.4 Å². The quantitative estimate of drug-likeness (QED) is 0.429. The molecule has 2 aromatic carbocycles. The average molecular weight is 344 g/mol. The van der Waals surface area contributed by atoms with Gasteiger partial charge in [0, 0.05) is 5.56 Å². The van der Waals surface area contributed by atoms with Crippen molar-refractivity contribution in [3.63, 3.8) is 0 Å². The molecule has 1 aliphatic rings. The van der Waals surface area contributed by atoms with Gasteiger partial charge in [0.05, 0.1) is 17.5 Å². The van der Waals surface area contributed by atoms with Crippen LogP contribution < -0.4 is 16.2 Å². The Morgan fingerprint density at radius 1 is 1.00 bits per heavy atom. The molecule has 0 aromatic heterocycles. The Kier molecular flexibility index (Phi) is 4.90. The lowest BCUT2D eigenvalue weighted by atomic mass is 9.82. The molecule has 134 valence electrons. The minimum Gasteiger partial charge on any atom is -0.504 e. The number of phenolic OH excluding ortho intramolecular Hbond substituents is 2. The fourth-order valence-corrected chi connectivity index (χ4v) is 3.28. The van der Waals surface area contributed by atoms with E-state index in [1.165, 1.54) is 11.6 Å². The van der Waals surface area contributed by atoms with Gasteiger partial charge in [0.1, 0.15) is 12.4 Å². The van der Waals surface area contributed by atoms with Gasteiger partial charge in [-0.3, -0.25) is 0 Å². The largest absolute Gasteiger partial charge is 0.504 e. The highest BCUT2D eigenvalue weighted by molar-refractivity contribution is 5.63. The SMILES string of the molecule is Nc1cc(C2CCC(O)CC2)ccc1OCc1ccc(O)c(O)c1N. The molecule has 0 unspecified atom stereocenters. The van der Waals surface area contributed by atoms with Crippen molar-refractivity contribution in [3.05, 3.63) is 41.5 Å². The minimum atomic E-state index is -0.344. The molecule has 0 saturated heterocycles. The van der Waals surface area contributed by atoms with Crippen molar-refractivity contribution < 1.29 is 20.1 Å². The lowest BCUT2D eigenvalue weighted by molar-refractivity contribution is 0.122. The molecule has 1 fully saturated rings. The van der Waals surface area contributed by atoms with Gasteiger partial charge in [0.25, 0.3) is 0 Å². The van der Waals surface area contributed by atoms with E-state index in [-0.39, 0.29) is 29.9 Å². The van der Waals surface area contributed by atoms with Crippen molar-refractivity contribution in [1.29, 1.82) is 0 Å². The Morgan fingerprint density at radius 3 is 2.40 bits per heavy atom. The molecule has 0 atom stereocenters. The second kappa shape index (κ2) is 7.11. The van der Waals surface area contributed by atoms with Crippen LogP contribution in [0.25, 0.3) is 0 Å². The molecular weight excluding hydrogens is 320 g/mol. The van der Waals surface area contributed by atoms with Crippen molar-refractivity contribution in [2.75, 3.05) is 11.5 Å². The van der Waals surface area contributed by atoms with Crippen LogP contribution in [0.1, 0.15) is 42.7 Å². The lowest BCUT2D eigenvalue weighted by Crippen LogP contribution is -2.17. The Balaban J connectivity index is 1.69. The number of phenols is 2. The summed E-state index contributed by atoms with van der Waals surface area (Å²) in [4.78, 5) is 0. The summed E-state index contributed by atoms with van der Waals surface area (Å²) in [5.41, 5.74) is 14.3. The highest BCUT2D eigenvalue weighted by atomic mass is 16.5. The van der Waals surface area contributed by atoms with E-state index in [2.05, 4.69) is 0 Å². The molecule has 1 saturated carbocycles. The van der Waals surface area contributed by atoms with Crippen LogP contribution in [0.2, 0.25) is 0 Å². The standard InChI is InChI=1S/C19H24N2O4/c20-15-9-12(11-1-5-14(22)6-2-11)4-8-17(15)25-10-13-3-7-16(23)19(24)18(13)21/h3-4,7-9,11,14,22-24H,1-2,5-6,10,20-21H2. The summed E-state index contributed by atoms with van der Waals surface area (Å²) >= 11 is 0. The number of nitrogen functional groups attached to an aromatic ring is 2. The monoisotopic (exact) mass is 344 g/mol. The third-order valence-electron chi connectivity index (χ3n) is 4.87. The van der Waals surface area contributed by atoms with Gasteiger partial charge in [-0.15, -0.1) is 0 Å². The van der Waals surface area contributed by atoms with Crippen LogP contribution in [0.4, 0.5) is 11.4 Å². The van der Waals surface area contributed by atoms with E-state index < -0.39 is 0 Å². The molecule has 0 amide bonds. The Bertz CT molecular complexity index is 755. The Morgan fingerprint density at radius 2 is 1.72 bits per heavy atom. The zero-order chi connectivity index (χ0) is 18.0. The van der Waals surface area contributed by atoms with Crippen LogP contribution in [0, 0.1) is 0 Å². The zero-order valence-electron chi connectivity index (χ0n) is 14.0. The summed E-state index contributed by atoms with van der Waals surface area (Å²) in [7, 11) is 0. The number of aliphatic hydroxyl groups is 1. The molecule has 0 radical (unpaired) electrons. The first-order valence-electron chi connectivity index (χ1n) is 8.45. The fraction of sp³-hybridized carbons (Fsp3) is 0.368. The van der Waals surface area contributed by atoms with Crippen molar-refractivity contribution in [1.82, 2.24) is 0 Å². The van der Waals surface area contributed by atoms with Gasteiger partial charge in [-0.25, -0.2) is 0 Å². The highest BCUT2D eigenvalue weighted by Crippen LogP contribution is 2.37. The van der Waals surface area contributed by atoms with Crippen molar-refractivity contribution in [2.45, 2.75) is 44.3 Å². The van der Waals surface area contributed by atoms with Crippen LogP contribution in [0.5, 0.6) is 17.2 Å². The summed E-state index contributed by atoms with van der Waals surface area (Å²) in [6.07, 6.45) is 3.40. The molecular formula is C19H24N2O4. The first-order valence-corrected chi connectivity index (χ1v) is 8.45. The van der Waals surface area contributed by atoms with Gasteiger partial charge in [-0.05, 0) is 61.4 Å². The van der Waals surface area contributed by atoms with E-state index in [1.807, 2.05) is 18.2 Å². The van der Waals surface area contributed by atoms with Gasteiger partial charge in [-0.1, -0.05) is 6.07 Å². The van der Waals surface area contributed by atoms with Crippen LogP contribution in [0.3, 0.4) is 0 Å². The maximum atomic E-state index is 9.67. The van der Waals surface area contributed by atoms with Crippen molar-refractivity contribution in [3.8, 4) is 17.2 Å². The molecule has 0 bridgehead atoms. The molecule has 3 rings (SSSR count). The number of aliphatic hydroxyl groups excluding tert-OH is 1. The Labute approximate surface area is 146 Å². The number of hydrogen-bond acceptors (Lipinski definition) is 6. The lowest BCUT2D eigenvalue weighted by Gasteiger charge is -2.26. The van der Waals surface area contributed by atoms with Crippen LogP contribution in [-0.4, -0.2) is 21.4 Å². The number of ether oxygens (including phenoxy) is 1. The molecule has 0 heterocycles. The number of anilines is 2. The number of rotatable bonds is 4. The van der Waals surface area contributed by atoms with Crippen LogP contribution >= 0.6 is 0 Å². The van der Waals surface area contributed by atoms with E-state index >= 15 is 0 Å². The minimum absolute atomic E-state index is 0.0935. The van der Waals surface area contributed by atoms with Gasteiger partial charge in [0.2, 0.25) is 0 Å². The maximum absolute atomic E-state index is 9.67. The summed E-state index contributed by atoms with van der Waals surface area (Å²) in [6, 6.07) is 8.74. The number of benzene rings is 2. The molecule has 7 N–H and O–H groups in total. The number of aromatic hydroxyl groups is 2. The molecule has 25 heavy (non-hydrogen) atoms.